The van der Waals surface area contributed by atoms with Crippen LogP contribution >= 0.6 is 0 Å². The molecule has 0 unspecified atom stereocenters. The average Bonchev–Trinajstić information content (AvgIpc) is 3.52. The maximum atomic E-state index is 13.2. The average molecular weight is 394 g/mol. The molecule has 5 heteroatoms. The van der Waals surface area contributed by atoms with Gasteiger partial charge in [-0.2, -0.15) is 0 Å². The Morgan fingerprint density at radius 2 is 1.86 bits per heavy atom. The molecule has 2 amide bonds. The van der Waals surface area contributed by atoms with Gasteiger partial charge in [0.1, 0.15) is 0 Å². The van der Waals surface area contributed by atoms with E-state index in [9.17, 15) is 9.59 Å². The van der Waals surface area contributed by atoms with Crippen molar-refractivity contribution in [1.82, 2.24) is 4.90 Å². The zero-order valence-electron chi connectivity index (χ0n) is 17.9. The first-order valence-electron chi connectivity index (χ1n) is 10.4. The van der Waals surface area contributed by atoms with Crippen molar-refractivity contribution < 1.29 is 9.59 Å². The maximum absolute atomic E-state index is 13.2. The number of carbonyl (C=O) groups excluding carboxylic acids is 2. The van der Waals surface area contributed by atoms with E-state index in [1.807, 2.05) is 73.3 Å². The topological polar surface area (TPSA) is 52.7 Å². The molecule has 1 aliphatic carbocycles. The molecule has 0 heterocycles. The fourth-order valence-corrected chi connectivity index (χ4v) is 3.50. The molecule has 3 rings (SSSR count). The van der Waals surface area contributed by atoms with Gasteiger partial charge in [0.05, 0.1) is 0 Å². The number of aryl methyl sites for hydroxylation is 1. The van der Waals surface area contributed by atoms with E-state index in [0.717, 1.165) is 41.8 Å². The third kappa shape index (κ3) is 5.37. The Morgan fingerprint density at radius 1 is 1.10 bits per heavy atom. The summed E-state index contributed by atoms with van der Waals surface area (Å²) in [4.78, 5) is 29.3. The molecule has 1 saturated carbocycles. The minimum Gasteiger partial charge on any atom is -0.377 e. The van der Waals surface area contributed by atoms with E-state index in [-0.39, 0.29) is 17.7 Å². The van der Waals surface area contributed by atoms with E-state index in [4.69, 9.17) is 0 Å². The summed E-state index contributed by atoms with van der Waals surface area (Å²) in [6.45, 7) is 5.26. The zero-order valence-corrected chi connectivity index (χ0v) is 17.9. The summed E-state index contributed by atoms with van der Waals surface area (Å²) in [6, 6.07) is 13.7. The molecule has 0 radical (unpaired) electrons. The van der Waals surface area contributed by atoms with Gasteiger partial charge < -0.3 is 15.1 Å². The molecule has 5 nitrogen and oxygen atoms in total. The van der Waals surface area contributed by atoms with Gasteiger partial charge in [-0.3, -0.25) is 9.59 Å². The van der Waals surface area contributed by atoms with E-state index < -0.39 is 0 Å². The van der Waals surface area contributed by atoms with Crippen LogP contribution in [-0.2, 0) is 11.3 Å². The van der Waals surface area contributed by atoms with Crippen LogP contribution in [0.3, 0.4) is 0 Å². The quantitative estimate of drug-likeness (QED) is 0.720. The largest absolute Gasteiger partial charge is 0.377 e. The summed E-state index contributed by atoms with van der Waals surface area (Å²) < 4.78 is 0. The standard InChI is InChI=1S/C24H31N3O2/c1-5-13-27(24(29)19-8-6-7-17(2)14-19)16-20-15-21(11-12-22(20)26(3)4)25-23(28)18-9-10-18/h6-8,11-12,14-15,18H,5,9-10,13,16H2,1-4H3,(H,25,28). The number of hydrogen-bond donors (Lipinski definition) is 1. The normalized spacial score (nSPS) is 13.1. The van der Waals surface area contributed by atoms with Gasteiger partial charge in [-0.1, -0.05) is 24.6 Å². The van der Waals surface area contributed by atoms with E-state index in [1.54, 1.807) is 0 Å². The van der Waals surface area contributed by atoms with Crippen molar-refractivity contribution in [2.24, 2.45) is 5.92 Å². The Morgan fingerprint density at radius 3 is 2.48 bits per heavy atom. The lowest BCUT2D eigenvalue weighted by molar-refractivity contribution is -0.117. The number of carbonyl (C=O) groups is 2. The summed E-state index contributed by atoms with van der Waals surface area (Å²) >= 11 is 0. The van der Waals surface area contributed by atoms with Crippen LogP contribution in [0.5, 0.6) is 0 Å². The summed E-state index contributed by atoms with van der Waals surface area (Å²) in [5, 5.41) is 3.02. The van der Waals surface area contributed by atoms with Gasteiger partial charge in [0.15, 0.2) is 0 Å². The van der Waals surface area contributed by atoms with Crippen LogP contribution < -0.4 is 10.2 Å². The molecule has 154 valence electrons. The Balaban J connectivity index is 1.86. The molecule has 29 heavy (non-hydrogen) atoms. The monoisotopic (exact) mass is 393 g/mol. The molecule has 0 aromatic heterocycles. The Kier molecular flexibility index (Phi) is 6.57. The number of amides is 2. The second kappa shape index (κ2) is 9.12. The van der Waals surface area contributed by atoms with Crippen LogP contribution in [0.1, 0.15) is 47.7 Å². The predicted molar refractivity (Wildman–Crippen MR) is 118 cm³/mol. The van der Waals surface area contributed by atoms with Crippen LogP contribution in [0, 0.1) is 12.8 Å². The lowest BCUT2D eigenvalue weighted by Gasteiger charge is -2.26. The fraction of sp³-hybridized carbons (Fsp3) is 0.417. The summed E-state index contributed by atoms with van der Waals surface area (Å²) in [5.74, 6) is 0.286. The number of benzene rings is 2. The first-order valence-corrected chi connectivity index (χ1v) is 10.4. The fourth-order valence-electron chi connectivity index (χ4n) is 3.50. The van der Waals surface area contributed by atoms with Crippen LogP contribution in [0.15, 0.2) is 42.5 Å². The van der Waals surface area contributed by atoms with Gasteiger partial charge in [-0.25, -0.2) is 0 Å². The number of rotatable bonds is 8. The number of nitrogens with zero attached hydrogens (tertiary/aromatic N) is 2. The smallest absolute Gasteiger partial charge is 0.254 e. The van der Waals surface area contributed by atoms with E-state index in [1.165, 1.54) is 0 Å². The van der Waals surface area contributed by atoms with Crippen LogP contribution in [0.25, 0.3) is 0 Å². The number of nitrogens with one attached hydrogen (secondary N) is 1. The molecule has 1 fully saturated rings. The van der Waals surface area contributed by atoms with E-state index >= 15 is 0 Å². The molecule has 0 atom stereocenters. The van der Waals surface area contributed by atoms with Crippen LogP contribution in [-0.4, -0.2) is 37.4 Å². The second-order valence-corrected chi connectivity index (χ2v) is 8.10. The molecule has 0 bridgehead atoms. The molecule has 0 saturated heterocycles. The molecule has 2 aromatic carbocycles. The van der Waals surface area contributed by atoms with Crippen LogP contribution in [0.4, 0.5) is 11.4 Å². The first kappa shape index (κ1) is 20.9. The first-order chi connectivity index (χ1) is 13.9. The molecule has 0 spiro atoms. The van der Waals surface area contributed by atoms with Crippen molar-refractivity contribution in [2.75, 3.05) is 30.9 Å². The van der Waals surface area contributed by atoms with Crippen molar-refractivity contribution in [3.63, 3.8) is 0 Å². The van der Waals surface area contributed by atoms with Crippen molar-refractivity contribution in [3.8, 4) is 0 Å². The zero-order chi connectivity index (χ0) is 21.0. The lowest BCUT2D eigenvalue weighted by atomic mass is 10.1. The molecule has 2 aromatic rings. The summed E-state index contributed by atoms with van der Waals surface area (Å²) in [7, 11) is 3.99. The van der Waals surface area contributed by atoms with Crippen molar-refractivity contribution in [2.45, 2.75) is 39.7 Å². The van der Waals surface area contributed by atoms with Crippen molar-refractivity contribution in [3.05, 3.63) is 59.2 Å². The maximum Gasteiger partial charge on any atom is 0.254 e. The van der Waals surface area contributed by atoms with Gasteiger partial charge in [-0.15, -0.1) is 0 Å². The Labute approximate surface area is 173 Å². The second-order valence-electron chi connectivity index (χ2n) is 8.10. The minimum absolute atomic E-state index is 0.0349. The highest BCUT2D eigenvalue weighted by Crippen LogP contribution is 2.31. The summed E-state index contributed by atoms with van der Waals surface area (Å²) in [6.07, 6.45) is 2.83. The van der Waals surface area contributed by atoms with Gasteiger partial charge in [0.25, 0.3) is 5.91 Å². The molecule has 0 aliphatic heterocycles. The SMILES string of the molecule is CCCN(Cc1cc(NC(=O)C2CC2)ccc1N(C)C)C(=O)c1cccc(C)c1. The highest BCUT2D eigenvalue weighted by Gasteiger charge is 2.29. The predicted octanol–water partition coefficient (Wildman–Crippen LogP) is 4.46. The van der Waals surface area contributed by atoms with Gasteiger partial charge in [0.2, 0.25) is 5.91 Å². The highest BCUT2D eigenvalue weighted by molar-refractivity contribution is 5.95. The van der Waals surface area contributed by atoms with Crippen molar-refractivity contribution in [1.29, 1.82) is 0 Å². The molecular weight excluding hydrogens is 362 g/mol. The molecule has 1 N–H and O–H groups in total. The van der Waals surface area contributed by atoms with E-state index in [0.29, 0.717) is 18.7 Å². The molecular formula is C24H31N3O2. The third-order valence-corrected chi connectivity index (χ3v) is 5.18. The van der Waals surface area contributed by atoms with Crippen LogP contribution in [0.2, 0.25) is 0 Å². The summed E-state index contributed by atoms with van der Waals surface area (Å²) in [5.41, 5.74) is 4.65. The third-order valence-electron chi connectivity index (χ3n) is 5.18. The molecule has 1 aliphatic rings. The van der Waals surface area contributed by atoms with Crippen molar-refractivity contribution >= 4 is 23.2 Å². The van der Waals surface area contributed by atoms with Gasteiger partial charge in [-0.05, 0) is 62.1 Å². The number of hydrogen-bond acceptors (Lipinski definition) is 3. The number of anilines is 2. The highest BCUT2D eigenvalue weighted by atomic mass is 16.2. The Hall–Kier alpha value is -2.82. The van der Waals surface area contributed by atoms with E-state index in [2.05, 4.69) is 12.2 Å². The Bertz CT molecular complexity index is 887. The van der Waals surface area contributed by atoms with Gasteiger partial charge >= 0.3 is 0 Å². The van der Waals surface area contributed by atoms with Gasteiger partial charge in [0, 0.05) is 50.0 Å². The lowest BCUT2D eigenvalue weighted by Crippen LogP contribution is -2.32. The minimum atomic E-state index is 0.0349.